The number of nitrogens with one attached hydrogen (secondary N) is 3. The molecule has 7 aromatic rings. The van der Waals surface area contributed by atoms with E-state index in [0.29, 0.717) is 16.3 Å². The molecule has 1 unspecified atom stereocenters. The number of carbonyl (C=O) groups excluding carboxylic acids is 2. The number of primary amides is 1. The molecule has 2 atom stereocenters. The average Bonchev–Trinajstić information content (AvgIpc) is 4.11. The van der Waals surface area contributed by atoms with Crippen LogP contribution in [0.3, 0.4) is 0 Å². The molecule has 0 spiro atoms. The quantitative estimate of drug-likeness (QED) is 0.0744. The number of benzene rings is 3. The molecule has 21 heteroatoms. The Bertz CT molecular complexity index is 3110. The Kier molecular flexibility index (Phi) is 11.9. The number of nitrogens with two attached hydrogens (primary N) is 1. The lowest BCUT2D eigenvalue weighted by Gasteiger charge is -2.29. The summed E-state index contributed by atoms with van der Waals surface area (Å²) in [5, 5.41) is 9.53. The number of amides is 2. The fourth-order valence-corrected chi connectivity index (χ4v) is 9.14. The molecule has 1 aliphatic heterocycles. The van der Waals surface area contributed by atoms with E-state index in [1.54, 1.807) is 12.1 Å². The fourth-order valence-electron chi connectivity index (χ4n) is 8.33. The van der Waals surface area contributed by atoms with Crippen molar-refractivity contribution in [3.05, 3.63) is 141 Å². The Labute approximate surface area is 378 Å². The van der Waals surface area contributed by atoms with Gasteiger partial charge in [0.15, 0.2) is 10.7 Å². The molecule has 3 aromatic carbocycles. The van der Waals surface area contributed by atoms with Crippen LogP contribution in [0.25, 0.3) is 32.7 Å². The van der Waals surface area contributed by atoms with Gasteiger partial charge in [0.05, 0.1) is 39.3 Å². The molecule has 2 amide bonds. The number of hydrogen-bond acceptors (Lipinski definition) is 8. The van der Waals surface area contributed by atoms with Crippen LogP contribution in [0.15, 0.2) is 72.9 Å². The van der Waals surface area contributed by atoms with Crippen LogP contribution in [-0.4, -0.2) is 48.1 Å². The predicted molar refractivity (Wildman–Crippen MR) is 226 cm³/mol. The molecule has 67 heavy (non-hydrogen) atoms. The summed E-state index contributed by atoms with van der Waals surface area (Å²) in [5.41, 5.74) is 2.40. The first kappa shape index (κ1) is 45.1. The molecule has 9 rings (SSSR count). The highest BCUT2D eigenvalue weighted by atomic mass is 32.1. The minimum atomic E-state index is -4.12. The lowest BCUT2D eigenvalue weighted by molar-refractivity contribution is -0.123. The molecule has 5 N–H and O–H groups in total. The summed E-state index contributed by atoms with van der Waals surface area (Å²) in [5.74, 6) is -6.67. The molecule has 1 fully saturated rings. The Morgan fingerprint density at radius 1 is 0.896 bits per heavy atom. The average molecular weight is 948 g/mol. The first-order valence-electron chi connectivity index (χ1n) is 20.6. The van der Waals surface area contributed by atoms with E-state index in [1.165, 1.54) is 12.1 Å². The van der Waals surface area contributed by atoms with E-state index in [0.717, 1.165) is 72.1 Å². The first-order chi connectivity index (χ1) is 31.9. The highest BCUT2D eigenvalue weighted by Gasteiger charge is 2.55. The predicted octanol–water partition coefficient (Wildman–Crippen LogP) is 9.30. The summed E-state index contributed by atoms with van der Waals surface area (Å²) in [4.78, 5) is 43.4. The molecule has 1 aliphatic carbocycles. The third-order valence-electron chi connectivity index (χ3n) is 11.4. The van der Waals surface area contributed by atoms with E-state index in [2.05, 4.69) is 37.5 Å². The van der Waals surface area contributed by atoms with E-state index in [9.17, 15) is 40.3 Å². The number of rotatable bonds is 11. The maximum atomic E-state index is 15.3. The van der Waals surface area contributed by atoms with Crippen molar-refractivity contribution in [3.8, 4) is 34.2 Å². The van der Waals surface area contributed by atoms with Gasteiger partial charge in [0.2, 0.25) is 5.91 Å². The number of aromatic amines is 1. The van der Waals surface area contributed by atoms with Crippen LogP contribution < -0.4 is 16.4 Å². The Hall–Kier alpha value is -7.05. The van der Waals surface area contributed by atoms with Gasteiger partial charge in [0, 0.05) is 41.8 Å². The SMILES string of the molecule is NC(=O)c1cc(-c2cc3sc(C#Cc4ccc(-c5c[nH]c(C6CCCN6)n5)cc4)nc3nc2[C@H](Cc2cc(F)cc(F)c2)NC(=O)Cn2nc(C(F)F)c3c2C(F)(F)CCC3(F)F)ccc1F. The van der Waals surface area contributed by atoms with Crippen molar-refractivity contribution in [1.82, 2.24) is 40.3 Å². The monoisotopic (exact) mass is 947 g/mol. The zero-order chi connectivity index (χ0) is 47.4. The minimum absolute atomic E-state index is 0.0426. The lowest BCUT2D eigenvalue weighted by atomic mass is 9.89. The molecule has 0 radical (unpaired) electrons. The number of hydrogen-bond donors (Lipinski definition) is 4. The summed E-state index contributed by atoms with van der Waals surface area (Å²) in [6.07, 6.45) is -3.17. The maximum absolute atomic E-state index is 15.3. The number of alkyl halides is 6. The number of thiazole rings is 1. The van der Waals surface area contributed by atoms with Crippen molar-refractivity contribution in [2.24, 2.45) is 5.73 Å². The van der Waals surface area contributed by atoms with Crippen LogP contribution in [0.4, 0.5) is 39.5 Å². The summed E-state index contributed by atoms with van der Waals surface area (Å²) < 4.78 is 133. The molecule has 0 bridgehead atoms. The van der Waals surface area contributed by atoms with Gasteiger partial charge in [0.1, 0.15) is 41.2 Å². The molecule has 2 aliphatic rings. The number of aromatic nitrogens is 6. The van der Waals surface area contributed by atoms with Crippen LogP contribution in [0, 0.1) is 29.3 Å². The number of nitrogens with zero attached hydrogens (tertiary/aromatic N) is 5. The third kappa shape index (κ3) is 9.23. The highest BCUT2D eigenvalue weighted by molar-refractivity contribution is 7.19. The van der Waals surface area contributed by atoms with E-state index in [1.807, 2.05) is 18.3 Å². The van der Waals surface area contributed by atoms with Gasteiger partial charge in [-0.15, -0.1) is 11.3 Å². The molecule has 344 valence electrons. The highest BCUT2D eigenvalue weighted by Crippen LogP contribution is 2.52. The third-order valence-corrected chi connectivity index (χ3v) is 12.3. The maximum Gasteiger partial charge on any atom is 0.290 e. The second-order valence-electron chi connectivity index (χ2n) is 16.0. The summed E-state index contributed by atoms with van der Waals surface area (Å²) in [6.45, 7) is -0.357. The smallest absolute Gasteiger partial charge is 0.290 e. The summed E-state index contributed by atoms with van der Waals surface area (Å²) in [7, 11) is 0. The van der Waals surface area contributed by atoms with Gasteiger partial charge in [-0.2, -0.15) is 13.9 Å². The van der Waals surface area contributed by atoms with Crippen LogP contribution in [0.1, 0.15) is 99.2 Å². The van der Waals surface area contributed by atoms with Crippen molar-refractivity contribution in [3.63, 3.8) is 0 Å². The zero-order valence-electron chi connectivity index (χ0n) is 34.5. The van der Waals surface area contributed by atoms with Crippen molar-refractivity contribution in [1.29, 1.82) is 0 Å². The van der Waals surface area contributed by atoms with Crippen molar-refractivity contribution < 1.29 is 49.1 Å². The number of carbonyl (C=O) groups is 2. The number of pyridine rings is 1. The topological polar surface area (TPSA) is 156 Å². The molecule has 5 heterocycles. The van der Waals surface area contributed by atoms with Crippen LogP contribution >= 0.6 is 11.3 Å². The summed E-state index contributed by atoms with van der Waals surface area (Å²) in [6, 6.07) is 13.3. The minimum Gasteiger partial charge on any atom is -0.366 e. The van der Waals surface area contributed by atoms with Crippen molar-refractivity contribution in [2.45, 2.75) is 69.0 Å². The van der Waals surface area contributed by atoms with Gasteiger partial charge in [0.25, 0.3) is 24.2 Å². The zero-order valence-corrected chi connectivity index (χ0v) is 35.4. The lowest BCUT2D eigenvalue weighted by Crippen LogP contribution is -2.37. The molecule has 0 saturated carbocycles. The Balaban J connectivity index is 1.10. The van der Waals surface area contributed by atoms with E-state index >= 15 is 8.78 Å². The van der Waals surface area contributed by atoms with Gasteiger partial charge >= 0.3 is 0 Å². The second kappa shape index (κ2) is 17.6. The number of H-pyrrole nitrogens is 1. The van der Waals surface area contributed by atoms with Crippen LogP contribution in [0.5, 0.6) is 0 Å². The van der Waals surface area contributed by atoms with Gasteiger partial charge in [-0.1, -0.05) is 24.1 Å². The van der Waals surface area contributed by atoms with Gasteiger partial charge in [-0.25, -0.2) is 45.7 Å². The Morgan fingerprint density at radius 3 is 2.33 bits per heavy atom. The van der Waals surface area contributed by atoms with Crippen molar-refractivity contribution >= 4 is 33.5 Å². The van der Waals surface area contributed by atoms with E-state index < -0.39 is 102 Å². The van der Waals surface area contributed by atoms with E-state index in [-0.39, 0.29) is 43.8 Å². The fraction of sp³-hybridized carbons (Fsp3) is 0.261. The standard InChI is InChI=1S/C46H34F9N9O2S/c47-26-14-23(15-27(48)18-26)16-32(59-35(65)21-64-40-37(39(63-64)41(50)51)45(52,53)11-12-46(40,54)55)38-28(25-8-9-30(49)29(17-25)42(56)66)19-34-44(62-38)61-36(67-34)10-5-22-3-6-24(7-4-22)33-20-58-43(60-33)31-2-1-13-57-31/h3-4,6-9,14-15,17-20,31-32,41,57H,1-2,11-13,16,21H2,(H2,56,66)(H,58,60)(H,59,65)/t31?,32-/m0/s1. The largest absolute Gasteiger partial charge is 0.366 e. The van der Waals surface area contributed by atoms with E-state index in [4.69, 9.17) is 15.7 Å². The first-order valence-corrected chi connectivity index (χ1v) is 21.5. The molecule has 1 saturated heterocycles. The number of halogens is 9. The number of fused-ring (bicyclic) bond motifs is 2. The van der Waals surface area contributed by atoms with Gasteiger partial charge in [-0.05, 0) is 85.3 Å². The second-order valence-corrected chi connectivity index (χ2v) is 17.1. The molecule has 4 aromatic heterocycles. The summed E-state index contributed by atoms with van der Waals surface area (Å²) >= 11 is 1.09. The van der Waals surface area contributed by atoms with Gasteiger partial charge < -0.3 is 21.4 Å². The van der Waals surface area contributed by atoms with Crippen molar-refractivity contribution in [2.75, 3.05) is 6.54 Å². The normalized spacial score (nSPS) is 16.7. The molecule has 11 nitrogen and oxygen atoms in total. The molecular formula is C46H34F9N9O2S. The van der Waals surface area contributed by atoms with Crippen LogP contribution in [-0.2, 0) is 29.6 Å². The number of imidazole rings is 1. The van der Waals surface area contributed by atoms with Crippen LogP contribution in [0.2, 0.25) is 0 Å². The Morgan fingerprint density at radius 2 is 1.63 bits per heavy atom. The van der Waals surface area contributed by atoms with Gasteiger partial charge in [-0.3, -0.25) is 14.3 Å². The molecular weight excluding hydrogens is 914 g/mol.